The number of hydrogen-bond donors (Lipinski definition) is 3. The first-order chi connectivity index (χ1) is 13.1. The fourth-order valence-electron chi connectivity index (χ4n) is 2.40. The van der Waals surface area contributed by atoms with E-state index >= 15 is 0 Å². The zero-order valence-electron chi connectivity index (χ0n) is 15.6. The maximum atomic E-state index is 9.47. The van der Waals surface area contributed by atoms with Crippen LogP contribution in [0.3, 0.4) is 0 Å². The molecular formula is C19H26B2O6. The maximum Gasteiger partial charge on any atom is 0.488 e. The second-order valence-corrected chi connectivity index (χ2v) is 6.25. The van der Waals surface area contributed by atoms with E-state index in [1.807, 2.05) is 24.3 Å². The van der Waals surface area contributed by atoms with E-state index < -0.39 is 14.0 Å². The summed E-state index contributed by atoms with van der Waals surface area (Å²) >= 11 is 0. The Kier molecular flexibility index (Phi) is 9.55. The van der Waals surface area contributed by atoms with Gasteiger partial charge < -0.3 is 29.3 Å². The molecule has 27 heavy (non-hydrogen) atoms. The maximum absolute atomic E-state index is 9.47. The van der Waals surface area contributed by atoms with Crippen LogP contribution in [0.25, 0.3) is 0 Å². The molecular weight excluding hydrogens is 346 g/mol. The van der Waals surface area contributed by atoms with Crippen molar-refractivity contribution in [2.75, 3.05) is 26.4 Å². The molecule has 0 aliphatic carbocycles. The Labute approximate surface area is 161 Å². The summed E-state index contributed by atoms with van der Waals surface area (Å²) in [6.07, 6.45) is 0. The topological polar surface area (TPSA) is 88.4 Å². The Morgan fingerprint density at radius 2 is 1.04 bits per heavy atom. The van der Waals surface area contributed by atoms with Crippen molar-refractivity contribution in [3.8, 4) is 0 Å². The minimum absolute atomic E-state index is 0.449. The Morgan fingerprint density at radius 3 is 1.44 bits per heavy atom. The second kappa shape index (κ2) is 11.9. The van der Waals surface area contributed by atoms with Crippen LogP contribution in [-0.2, 0) is 27.4 Å². The predicted octanol–water partition coefficient (Wildman–Crippen LogP) is -0.0630. The normalized spacial score (nSPS) is 10.8. The van der Waals surface area contributed by atoms with Crippen LogP contribution >= 0.6 is 0 Å². The van der Waals surface area contributed by atoms with E-state index in [1.165, 1.54) is 0 Å². The highest BCUT2D eigenvalue weighted by molar-refractivity contribution is 6.64. The molecule has 2 aromatic carbocycles. The third-order valence-corrected chi connectivity index (χ3v) is 4.02. The van der Waals surface area contributed by atoms with Gasteiger partial charge in [-0.15, -0.1) is 0 Å². The molecule has 0 atom stereocenters. The molecule has 0 bridgehead atoms. The molecule has 0 spiro atoms. The highest BCUT2D eigenvalue weighted by Crippen LogP contribution is 2.01. The lowest BCUT2D eigenvalue weighted by atomic mass is 9.64. The van der Waals surface area contributed by atoms with Gasteiger partial charge in [-0.05, 0) is 22.1 Å². The molecule has 0 unspecified atom stereocenters. The number of ether oxygens (including phenoxy) is 3. The van der Waals surface area contributed by atoms with Gasteiger partial charge >= 0.3 is 14.0 Å². The lowest BCUT2D eigenvalue weighted by molar-refractivity contribution is 0.00704. The molecule has 0 aliphatic heterocycles. The van der Waals surface area contributed by atoms with Gasteiger partial charge in [0.15, 0.2) is 0 Å². The first-order valence-corrected chi connectivity index (χ1v) is 9.01. The minimum atomic E-state index is -1.45. The highest BCUT2D eigenvalue weighted by atomic mass is 16.5. The second-order valence-electron chi connectivity index (χ2n) is 6.25. The average molecular weight is 372 g/mol. The summed E-state index contributed by atoms with van der Waals surface area (Å²) < 4.78 is 16.5. The molecule has 0 radical (unpaired) electrons. The van der Waals surface area contributed by atoms with Crippen molar-refractivity contribution >= 4 is 25.0 Å². The fourth-order valence-corrected chi connectivity index (χ4v) is 2.40. The van der Waals surface area contributed by atoms with Gasteiger partial charge in [0.25, 0.3) is 0 Å². The van der Waals surface area contributed by atoms with Crippen molar-refractivity contribution in [2.24, 2.45) is 0 Å². The molecule has 144 valence electrons. The Bertz CT molecular complexity index is 589. The van der Waals surface area contributed by atoms with Crippen molar-refractivity contribution in [1.29, 1.82) is 0 Å². The van der Waals surface area contributed by atoms with Crippen molar-refractivity contribution < 1.29 is 29.3 Å². The molecule has 0 saturated heterocycles. The van der Waals surface area contributed by atoms with Gasteiger partial charge in [-0.25, -0.2) is 0 Å². The fraction of sp³-hybridized carbons (Fsp3) is 0.368. The van der Waals surface area contributed by atoms with Crippen LogP contribution in [0.2, 0.25) is 6.82 Å². The van der Waals surface area contributed by atoms with Crippen LogP contribution in [0.5, 0.6) is 0 Å². The summed E-state index contributed by atoms with van der Waals surface area (Å²) in [5, 5.41) is 27.5. The van der Waals surface area contributed by atoms with E-state index in [0.29, 0.717) is 45.1 Å². The molecule has 2 rings (SSSR count). The third kappa shape index (κ3) is 8.26. The smallest absolute Gasteiger partial charge is 0.447 e. The van der Waals surface area contributed by atoms with E-state index in [1.54, 1.807) is 31.1 Å². The number of benzene rings is 2. The summed E-state index contributed by atoms with van der Waals surface area (Å²) in [5.74, 6) is 0. The van der Waals surface area contributed by atoms with E-state index in [4.69, 9.17) is 24.3 Å². The van der Waals surface area contributed by atoms with Crippen molar-refractivity contribution in [3.05, 3.63) is 59.7 Å². The van der Waals surface area contributed by atoms with Gasteiger partial charge in [-0.1, -0.05) is 55.4 Å². The van der Waals surface area contributed by atoms with Crippen LogP contribution in [0.1, 0.15) is 11.1 Å². The van der Waals surface area contributed by atoms with Crippen LogP contribution < -0.4 is 10.9 Å². The molecule has 0 amide bonds. The zero-order valence-corrected chi connectivity index (χ0v) is 15.6. The van der Waals surface area contributed by atoms with Gasteiger partial charge in [-0.3, -0.25) is 0 Å². The van der Waals surface area contributed by atoms with Gasteiger partial charge in [0.1, 0.15) is 0 Å². The first kappa shape index (κ1) is 21.6. The molecule has 0 aliphatic rings. The Morgan fingerprint density at radius 1 is 0.630 bits per heavy atom. The lowest BCUT2D eigenvalue weighted by Gasteiger charge is -2.08. The summed E-state index contributed by atoms with van der Waals surface area (Å²) in [7, 11) is -1.45. The largest absolute Gasteiger partial charge is 0.488 e. The molecule has 0 fully saturated rings. The van der Waals surface area contributed by atoms with Gasteiger partial charge in [0.05, 0.1) is 39.6 Å². The first-order valence-electron chi connectivity index (χ1n) is 9.01. The predicted molar refractivity (Wildman–Crippen MR) is 106 cm³/mol. The van der Waals surface area contributed by atoms with Crippen LogP contribution in [0.4, 0.5) is 0 Å². The highest BCUT2D eigenvalue weighted by Gasteiger charge is 2.09. The monoisotopic (exact) mass is 372 g/mol. The van der Waals surface area contributed by atoms with E-state index in [2.05, 4.69) is 0 Å². The van der Waals surface area contributed by atoms with Crippen LogP contribution in [-0.4, -0.2) is 55.5 Å². The van der Waals surface area contributed by atoms with Crippen molar-refractivity contribution in [1.82, 2.24) is 0 Å². The standard InChI is InChI=1S/C19H26B2O6/c1-20(22)18-6-2-16(3-7-18)14-26-12-10-25-11-13-27-15-17-4-8-19(9-5-17)21(23)24/h2-9,22-24H,10-15H2,1H3. The van der Waals surface area contributed by atoms with Crippen molar-refractivity contribution in [2.45, 2.75) is 20.0 Å². The van der Waals surface area contributed by atoms with Crippen LogP contribution in [0.15, 0.2) is 48.5 Å². The molecule has 0 heterocycles. The molecule has 0 saturated carbocycles. The van der Waals surface area contributed by atoms with E-state index in [-0.39, 0.29) is 0 Å². The molecule has 3 N–H and O–H groups in total. The van der Waals surface area contributed by atoms with Gasteiger partial charge in [-0.2, -0.15) is 0 Å². The summed E-state index contributed by atoms with van der Waals surface area (Å²) in [4.78, 5) is 0. The van der Waals surface area contributed by atoms with Gasteiger partial charge in [0, 0.05) is 0 Å². The van der Waals surface area contributed by atoms with Crippen molar-refractivity contribution in [3.63, 3.8) is 0 Å². The summed E-state index contributed by atoms with van der Waals surface area (Å²) in [6, 6.07) is 14.6. The molecule has 6 nitrogen and oxygen atoms in total. The number of rotatable bonds is 12. The zero-order chi connectivity index (χ0) is 19.5. The summed E-state index contributed by atoms with van der Waals surface area (Å²) in [5.41, 5.74) is 3.37. The minimum Gasteiger partial charge on any atom is -0.447 e. The van der Waals surface area contributed by atoms with Gasteiger partial charge in [0.2, 0.25) is 0 Å². The lowest BCUT2D eigenvalue weighted by Crippen LogP contribution is -2.29. The summed E-state index contributed by atoms with van der Waals surface area (Å²) in [6.45, 7) is 4.21. The third-order valence-electron chi connectivity index (χ3n) is 4.02. The molecule has 8 heteroatoms. The number of hydrogen-bond acceptors (Lipinski definition) is 6. The quantitative estimate of drug-likeness (QED) is 0.358. The Balaban J connectivity index is 1.47. The molecule has 0 aromatic heterocycles. The Hall–Kier alpha value is -1.67. The van der Waals surface area contributed by atoms with E-state index in [0.717, 1.165) is 16.6 Å². The molecule has 2 aromatic rings. The SMILES string of the molecule is CB(O)c1ccc(COCCOCCOCc2ccc(B(O)O)cc2)cc1. The van der Waals surface area contributed by atoms with Crippen LogP contribution in [0, 0.1) is 0 Å². The van der Waals surface area contributed by atoms with E-state index in [9.17, 15) is 5.02 Å². The average Bonchev–Trinajstić information content (AvgIpc) is 2.67.